The van der Waals surface area contributed by atoms with Crippen LogP contribution < -0.4 is 0 Å². The maximum Gasteiger partial charge on any atom is 0.191 e. The van der Waals surface area contributed by atoms with Crippen LogP contribution >= 0.6 is 0 Å². The molecule has 0 fully saturated rings. The summed E-state index contributed by atoms with van der Waals surface area (Å²) in [4.78, 5) is 11.3. The van der Waals surface area contributed by atoms with Crippen molar-refractivity contribution in [2.75, 3.05) is 0 Å². The Bertz CT molecular complexity index is 292. The average Bonchev–Trinajstić information content (AvgIpc) is 2.17. The number of benzene rings is 1. The summed E-state index contributed by atoms with van der Waals surface area (Å²) >= 11 is 0. The van der Waals surface area contributed by atoms with Crippen molar-refractivity contribution < 1.29 is 14.3 Å². The molecule has 13 heavy (non-hydrogen) atoms. The Hall–Kier alpha value is -1.22. The van der Waals surface area contributed by atoms with Gasteiger partial charge in [-0.15, -0.1) is 0 Å². The van der Waals surface area contributed by atoms with E-state index >= 15 is 0 Å². The van der Waals surface area contributed by atoms with Crippen LogP contribution in [0.5, 0.6) is 0 Å². The second-order valence-corrected chi connectivity index (χ2v) is 2.80. The Kier molecular flexibility index (Phi) is 3.14. The number of ketones is 1. The molecule has 0 heterocycles. The molecule has 70 valence electrons. The van der Waals surface area contributed by atoms with Gasteiger partial charge in [-0.1, -0.05) is 6.92 Å². The fourth-order valence-electron chi connectivity index (χ4n) is 0.992. The standard InChI is InChI=1S/C10H11FO2/c1-2-9(12)10(13)7-3-5-8(11)6-4-7/h3-6,9,12H,2H2,1H3. The molecule has 1 unspecified atom stereocenters. The van der Waals surface area contributed by atoms with Crippen LogP contribution in [0.25, 0.3) is 0 Å². The van der Waals surface area contributed by atoms with E-state index in [0.717, 1.165) is 0 Å². The summed E-state index contributed by atoms with van der Waals surface area (Å²) in [5, 5.41) is 9.21. The fourth-order valence-corrected chi connectivity index (χ4v) is 0.992. The molecule has 3 heteroatoms. The minimum Gasteiger partial charge on any atom is -0.385 e. The molecule has 0 radical (unpaired) electrons. The van der Waals surface area contributed by atoms with Crippen LogP contribution in [0.4, 0.5) is 4.39 Å². The second kappa shape index (κ2) is 4.14. The van der Waals surface area contributed by atoms with Crippen LogP contribution in [0.1, 0.15) is 23.7 Å². The van der Waals surface area contributed by atoms with Crippen LogP contribution in [0.2, 0.25) is 0 Å². The van der Waals surface area contributed by atoms with E-state index in [9.17, 15) is 14.3 Å². The van der Waals surface area contributed by atoms with Gasteiger partial charge in [0.25, 0.3) is 0 Å². The number of Topliss-reactive ketones (excluding diaryl/α,β-unsaturated/α-hetero) is 1. The van der Waals surface area contributed by atoms with Crippen LogP contribution in [0.15, 0.2) is 24.3 Å². The first-order valence-corrected chi connectivity index (χ1v) is 4.13. The Labute approximate surface area is 76.0 Å². The smallest absolute Gasteiger partial charge is 0.191 e. The second-order valence-electron chi connectivity index (χ2n) is 2.80. The maximum absolute atomic E-state index is 12.5. The lowest BCUT2D eigenvalue weighted by Crippen LogP contribution is -2.19. The molecule has 0 aliphatic rings. The highest BCUT2D eigenvalue weighted by atomic mass is 19.1. The molecule has 1 aromatic carbocycles. The van der Waals surface area contributed by atoms with Gasteiger partial charge < -0.3 is 5.11 Å². The topological polar surface area (TPSA) is 37.3 Å². The molecular formula is C10H11FO2. The van der Waals surface area contributed by atoms with Crippen molar-refractivity contribution in [3.05, 3.63) is 35.6 Å². The minimum atomic E-state index is -0.981. The molecule has 1 aromatic rings. The highest BCUT2D eigenvalue weighted by Gasteiger charge is 2.14. The zero-order valence-corrected chi connectivity index (χ0v) is 7.33. The van der Waals surface area contributed by atoms with E-state index in [-0.39, 0.29) is 11.6 Å². The molecular weight excluding hydrogens is 171 g/mol. The first-order valence-electron chi connectivity index (χ1n) is 4.13. The van der Waals surface area contributed by atoms with Crippen LogP contribution in [0, 0.1) is 5.82 Å². The highest BCUT2D eigenvalue weighted by Crippen LogP contribution is 2.07. The SMILES string of the molecule is CCC(O)C(=O)c1ccc(F)cc1. The lowest BCUT2D eigenvalue weighted by Gasteiger charge is -2.05. The van der Waals surface area contributed by atoms with Crippen molar-refractivity contribution in [3.63, 3.8) is 0 Å². The molecule has 0 aliphatic heterocycles. The Morgan fingerprint density at radius 1 is 1.46 bits per heavy atom. The molecule has 0 saturated heterocycles. The van der Waals surface area contributed by atoms with Gasteiger partial charge in [-0.2, -0.15) is 0 Å². The Balaban J connectivity index is 2.83. The largest absolute Gasteiger partial charge is 0.385 e. The quantitative estimate of drug-likeness (QED) is 0.723. The van der Waals surface area contributed by atoms with E-state index in [1.54, 1.807) is 6.92 Å². The van der Waals surface area contributed by atoms with Gasteiger partial charge in [0.05, 0.1) is 0 Å². The van der Waals surface area contributed by atoms with Crippen LogP contribution in [-0.2, 0) is 0 Å². The number of halogens is 1. The average molecular weight is 182 g/mol. The minimum absolute atomic E-state index is 0.343. The fraction of sp³-hybridized carbons (Fsp3) is 0.300. The zero-order valence-electron chi connectivity index (χ0n) is 7.33. The van der Waals surface area contributed by atoms with Crippen molar-refractivity contribution >= 4 is 5.78 Å². The van der Waals surface area contributed by atoms with Gasteiger partial charge in [0.2, 0.25) is 0 Å². The van der Waals surface area contributed by atoms with Gasteiger partial charge in [-0.05, 0) is 30.7 Å². The van der Waals surface area contributed by atoms with E-state index in [1.807, 2.05) is 0 Å². The highest BCUT2D eigenvalue weighted by molar-refractivity contribution is 5.99. The first kappa shape index (κ1) is 9.86. The summed E-state index contributed by atoms with van der Waals surface area (Å²) in [6.07, 6.45) is -0.610. The van der Waals surface area contributed by atoms with Crippen molar-refractivity contribution in [1.82, 2.24) is 0 Å². The zero-order chi connectivity index (χ0) is 9.84. The predicted molar refractivity (Wildman–Crippen MR) is 47.0 cm³/mol. The van der Waals surface area contributed by atoms with Gasteiger partial charge in [0.1, 0.15) is 11.9 Å². The third-order valence-electron chi connectivity index (χ3n) is 1.82. The summed E-state index contributed by atoms with van der Waals surface area (Å²) in [6, 6.07) is 5.15. The van der Waals surface area contributed by atoms with Gasteiger partial charge in [-0.3, -0.25) is 4.79 Å². The number of hydrogen-bond acceptors (Lipinski definition) is 2. The molecule has 1 N–H and O–H groups in total. The van der Waals surface area contributed by atoms with Gasteiger partial charge in [-0.25, -0.2) is 4.39 Å². The maximum atomic E-state index is 12.5. The van der Waals surface area contributed by atoms with E-state index < -0.39 is 6.10 Å². The Morgan fingerprint density at radius 3 is 2.46 bits per heavy atom. The molecule has 1 atom stereocenters. The number of carbonyl (C=O) groups excluding carboxylic acids is 1. The Morgan fingerprint density at radius 2 is 2.00 bits per heavy atom. The molecule has 1 rings (SSSR count). The van der Waals surface area contributed by atoms with Crippen LogP contribution in [0.3, 0.4) is 0 Å². The first-order chi connectivity index (χ1) is 6.15. The summed E-state index contributed by atoms with van der Waals surface area (Å²) in [7, 11) is 0. The van der Waals surface area contributed by atoms with E-state index in [2.05, 4.69) is 0 Å². The van der Waals surface area contributed by atoms with Crippen molar-refractivity contribution in [2.24, 2.45) is 0 Å². The van der Waals surface area contributed by atoms with Gasteiger partial charge >= 0.3 is 0 Å². The van der Waals surface area contributed by atoms with Crippen molar-refractivity contribution in [2.45, 2.75) is 19.4 Å². The lowest BCUT2D eigenvalue weighted by atomic mass is 10.0. The number of carbonyl (C=O) groups is 1. The van der Waals surface area contributed by atoms with E-state index in [4.69, 9.17) is 0 Å². The summed E-state index contributed by atoms with van der Waals surface area (Å²) in [5.74, 6) is -0.745. The molecule has 0 aliphatic carbocycles. The van der Waals surface area contributed by atoms with Crippen molar-refractivity contribution in [3.8, 4) is 0 Å². The molecule has 0 amide bonds. The third kappa shape index (κ3) is 2.36. The molecule has 0 aromatic heterocycles. The van der Waals surface area contributed by atoms with Crippen molar-refractivity contribution in [1.29, 1.82) is 0 Å². The number of hydrogen-bond donors (Lipinski definition) is 1. The molecule has 0 spiro atoms. The summed E-state index contributed by atoms with van der Waals surface area (Å²) in [6.45, 7) is 1.71. The van der Waals surface area contributed by atoms with E-state index in [0.29, 0.717) is 12.0 Å². The number of aliphatic hydroxyl groups is 1. The molecule has 2 nitrogen and oxygen atoms in total. The predicted octanol–water partition coefficient (Wildman–Crippen LogP) is 1.78. The van der Waals surface area contributed by atoms with Gasteiger partial charge in [0, 0.05) is 5.56 Å². The van der Waals surface area contributed by atoms with Crippen LogP contribution in [-0.4, -0.2) is 17.0 Å². The summed E-state index contributed by atoms with van der Waals surface area (Å²) in [5.41, 5.74) is 0.343. The van der Waals surface area contributed by atoms with E-state index in [1.165, 1.54) is 24.3 Å². The number of rotatable bonds is 3. The van der Waals surface area contributed by atoms with Gasteiger partial charge in [0.15, 0.2) is 5.78 Å². The summed E-state index contributed by atoms with van der Waals surface area (Å²) < 4.78 is 12.5. The lowest BCUT2D eigenvalue weighted by molar-refractivity contribution is 0.0740. The molecule has 0 bridgehead atoms. The normalized spacial score (nSPS) is 12.5. The third-order valence-corrected chi connectivity index (χ3v) is 1.82. The molecule has 0 saturated carbocycles. The monoisotopic (exact) mass is 182 g/mol. The number of aliphatic hydroxyl groups excluding tert-OH is 1.